The van der Waals surface area contributed by atoms with Crippen molar-refractivity contribution in [2.75, 3.05) is 32.0 Å². The number of nitriles is 1. The van der Waals surface area contributed by atoms with Gasteiger partial charge in [0.1, 0.15) is 11.9 Å². The third-order valence-corrected chi connectivity index (χ3v) is 4.03. The highest BCUT2D eigenvalue weighted by atomic mass is 16.2. The monoisotopic (exact) mass is 331 g/mol. The Bertz CT molecular complexity index is 492. The topological polar surface area (TPSA) is 95.0 Å². The Morgan fingerprint density at radius 1 is 1.21 bits per heavy atom. The first kappa shape index (κ1) is 19.9. The van der Waals surface area contributed by atoms with Gasteiger partial charge in [-0.1, -0.05) is 32.1 Å². The van der Waals surface area contributed by atoms with E-state index in [-0.39, 0.29) is 12.5 Å². The summed E-state index contributed by atoms with van der Waals surface area (Å²) < 4.78 is 0. The predicted octanol–water partition coefficient (Wildman–Crippen LogP) is 2.51. The summed E-state index contributed by atoms with van der Waals surface area (Å²) in [5.74, 6) is 0.867. The lowest BCUT2D eigenvalue weighted by Gasteiger charge is -2.12. The Labute approximate surface area is 145 Å². The first-order valence-corrected chi connectivity index (χ1v) is 8.73. The van der Waals surface area contributed by atoms with Crippen molar-refractivity contribution >= 4 is 11.7 Å². The summed E-state index contributed by atoms with van der Waals surface area (Å²) in [5.41, 5.74) is 5.74. The zero-order valence-corrected chi connectivity index (χ0v) is 14.6. The SMILES string of the molecule is C1CCCC1.CNc1ccc(C#N)cn1.NCC(=O)N1CCCC1. The van der Waals surface area contributed by atoms with Crippen molar-refractivity contribution in [1.82, 2.24) is 9.88 Å². The van der Waals surface area contributed by atoms with Crippen molar-refractivity contribution in [3.63, 3.8) is 0 Å². The lowest BCUT2D eigenvalue weighted by Crippen LogP contribution is -2.33. The van der Waals surface area contributed by atoms with Crippen LogP contribution in [0.25, 0.3) is 0 Å². The van der Waals surface area contributed by atoms with Gasteiger partial charge in [-0.25, -0.2) is 4.98 Å². The molecule has 0 radical (unpaired) electrons. The summed E-state index contributed by atoms with van der Waals surface area (Å²) in [4.78, 5) is 16.6. The molecule has 1 saturated heterocycles. The van der Waals surface area contributed by atoms with Gasteiger partial charge in [0, 0.05) is 26.3 Å². The number of amides is 1. The third kappa shape index (κ3) is 7.93. The molecule has 1 aliphatic carbocycles. The van der Waals surface area contributed by atoms with Crippen molar-refractivity contribution in [3.8, 4) is 6.07 Å². The Balaban J connectivity index is 0.000000189. The van der Waals surface area contributed by atoms with Crippen LogP contribution in [-0.4, -0.2) is 42.5 Å². The Morgan fingerprint density at radius 2 is 1.79 bits per heavy atom. The van der Waals surface area contributed by atoms with E-state index in [9.17, 15) is 4.79 Å². The fraction of sp³-hybridized carbons (Fsp3) is 0.611. The maximum Gasteiger partial charge on any atom is 0.236 e. The number of hydrogen-bond donors (Lipinski definition) is 2. The lowest BCUT2D eigenvalue weighted by molar-refractivity contribution is -0.128. The molecule has 0 bridgehead atoms. The molecule has 1 saturated carbocycles. The molecule has 0 aromatic carbocycles. The molecule has 1 aromatic heterocycles. The van der Waals surface area contributed by atoms with Crippen LogP contribution in [0.15, 0.2) is 18.3 Å². The van der Waals surface area contributed by atoms with Crippen LogP contribution in [0.5, 0.6) is 0 Å². The third-order valence-electron chi connectivity index (χ3n) is 4.03. The number of anilines is 1. The van der Waals surface area contributed by atoms with Gasteiger partial charge in [-0.2, -0.15) is 5.26 Å². The van der Waals surface area contributed by atoms with E-state index >= 15 is 0 Å². The van der Waals surface area contributed by atoms with Gasteiger partial charge in [-0.15, -0.1) is 0 Å². The number of carbonyl (C=O) groups excluding carboxylic acids is 1. The fourth-order valence-electron chi connectivity index (χ4n) is 2.59. The number of hydrogen-bond acceptors (Lipinski definition) is 5. The highest BCUT2D eigenvalue weighted by molar-refractivity contribution is 5.78. The predicted molar refractivity (Wildman–Crippen MR) is 96.5 cm³/mol. The standard InChI is InChI=1S/C7H7N3.C6H12N2O.C5H10/c1-9-7-3-2-6(4-8)5-10-7;7-5-6(9)8-3-1-2-4-8;1-2-4-5-3-1/h2-3,5H,1H3,(H,9,10);1-5,7H2;1-5H2. The van der Waals surface area contributed by atoms with Crippen LogP contribution in [0.1, 0.15) is 50.5 Å². The second-order valence-electron chi connectivity index (χ2n) is 5.85. The molecule has 1 amide bonds. The van der Waals surface area contributed by atoms with Gasteiger partial charge >= 0.3 is 0 Å². The van der Waals surface area contributed by atoms with Crippen LogP contribution in [0.2, 0.25) is 0 Å². The molecule has 24 heavy (non-hydrogen) atoms. The average molecular weight is 331 g/mol. The molecular weight excluding hydrogens is 302 g/mol. The highest BCUT2D eigenvalue weighted by Crippen LogP contribution is 2.15. The Kier molecular flexibility index (Phi) is 10.2. The average Bonchev–Trinajstić information content (AvgIpc) is 3.37. The van der Waals surface area contributed by atoms with E-state index in [4.69, 9.17) is 11.0 Å². The molecular formula is C18H29N5O. The van der Waals surface area contributed by atoms with Gasteiger partial charge < -0.3 is 16.0 Å². The minimum Gasteiger partial charge on any atom is -0.373 e. The molecule has 6 heteroatoms. The number of nitrogens with zero attached hydrogens (tertiary/aromatic N) is 3. The number of carbonyl (C=O) groups is 1. The van der Waals surface area contributed by atoms with Crippen LogP contribution in [-0.2, 0) is 4.79 Å². The second-order valence-corrected chi connectivity index (χ2v) is 5.85. The maximum absolute atomic E-state index is 10.8. The van der Waals surface area contributed by atoms with E-state index in [1.165, 1.54) is 38.3 Å². The normalized spacial score (nSPS) is 15.5. The van der Waals surface area contributed by atoms with Crippen molar-refractivity contribution in [2.24, 2.45) is 5.73 Å². The van der Waals surface area contributed by atoms with E-state index < -0.39 is 0 Å². The van der Waals surface area contributed by atoms with Gasteiger partial charge in [0.15, 0.2) is 0 Å². The molecule has 3 N–H and O–H groups in total. The Hall–Kier alpha value is -2.13. The van der Waals surface area contributed by atoms with Crippen LogP contribution < -0.4 is 11.1 Å². The van der Waals surface area contributed by atoms with Crippen molar-refractivity contribution in [2.45, 2.75) is 44.9 Å². The molecule has 3 rings (SSSR count). The number of aromatic nitrogens is 1. The molecule has 2 heterocycles. The second kappa shape index (κ2) is 12.3. The smallest absolute Gasteiger partial charge is 0.236 e. The minimum absolute atomic E-state index is 0.0903. The van der Waals surface area contributed by atoms with E-state index in [0.717, 1.165) is 31.7 Å². The molecule has 2 aliphatic rings. The zero-order chi connectivity index (χ0) is 17.6. The number of likely N-dealkylation sites (tertiary alicyclic amines) is 1. The maximum atomic E-state index is 10.8. The molecule has 6 nitrogen and oxygen atoms in total. The van der Waals surface area contributed by atoms with Gasteiger partial charge in [-0.05, 0) is 25.0 Å². The molecule has 0 unspecified atom stereocenters. The quantitative estimate of drug-likeness (QED) is 0.868. The van der Waals surface area contributed by atoms with E-state index in [2.05, 4.69) is 10.3 Å². The number of nitrogens with two attached hydrogens (primary N) is 1. The number of nitrogens with one attached hydrogen (secondary N) is 1. The summed E-state index contributed by atoms with van der Waals surface area (Å²) in [6, 6.07) is 5.47. The van der Waals surface area contributed by atoms with Crippen molar-refractivity contribution in [1.29, 1.82) is 5.26 Å². The first-order valence-electron chi connectivity index (χ1n) is 8.73. The van der Waals surface area contributed by atoms with Crippen LogP contribution >= 0.6 is 0 Å². The van der Waals surface area contributed by atoms with Gasteiger partial charge in [0.05, 0.1) is 12.1 Å². The Morgan fingerprint density at radius 3 is 2.17 bits per heavy atom. The molecule has 1 aromatic rings. The summed E-state index contributed by atoms with van der Waals surface area (Å²) in [6.07, 6.45) is 11.3. The summed E-state index contributed by atoms with van der Waals surface area (Å²) >= 11 is 0. The zero-order valence-electron chi connectivity index (χ0n) is 14.6. The van der Waals surface area contributed by atoms with E-state index in [1.807, 2.05) is 11.0 Å². The van der Waals surface area contributed by atoms with Gasteiger partial charge in [0.2, 0.25) is 5.91 Å². The highest BCUT2D eigenvalue weighted by Gasteiger charge is 2.15. The molecule has 2 fully saturated rings. The van der Waals surface area contributed by atoms with Gasteiger partial charge in [0.25, 0.3) is 0 Å². The first-order chi connectivity index (χ1) is 11.7. The minimum atomic E-state index is 0.0903. The summed E-state index contributed by atoms with van der Waals surface area (Å²) in [5, 5.41) is 11.2. The van der Waals surface area contributed by atoms with Crippen LogP contribution in [0.4, 0.5) is 5.82 Å². The van der Waals surface area contributed by atoms with Crippen molar-refractivity contribution < 1.29 is 4.79 Å². The summed E-state index contributed by atoms with van der Waals surface area (Å²) in [6.45, 7) is 1.99. The fourth-order valence-corrected chi connectivity index (χ4v) is 2.59. The van der Waals surface area contributed by atoms with E-state index in [1.54, 1.807) is 19.2 Å². The van der Waals surface area contributed by atoms with E-state index in [0.29, 0.717) is 5.56 Å². The molecule has 0 atom stereocenters. The van der Waals surface area contributed by atoms with Crippen LogP contribution in [0, 0.1) is 11.3 Å². The van der Waals surface area contributed by atoms with Crippen molar-refractivity contribution in [3.05, 3.63) is 23.9 Å². The molecule has 132 valence electrons. The number of pyridine rings is 1. The number of rotatable bonds is 2. The van der Waals surface area contributed by atoms with Crippen LogP contribution in [0.3, 0.4) is 0 Å². The summed E-state index contributed by atoms with van der Waals surface area (Å²) in [7, 11) is 1.79. The molecule has 0 spiro atoms. The lowest BCUT2D eigenvalue weighted by atomic mass is 10.3. The molecule has 1 aliphatic heterocycles. The van der Waals surface area contributed by atoms with Gasteiger partial charge in [-0.3, -0.25) is 4.79 Å². The largest absolute Gasteiger partial charge is 0.373 e.